The number of para-hydroxylation sites is 1. The van der Waals surface area contributed by atoms with Gasteiger partial charge in [-0.25, -0.2) is 4.98 Å². The maximum Gasteiger partial charge on any atom is 0.278 e. The highest BCUT2D eigenvalue weighted by Gasteiger charge is 2.17. The van der Waals surface area contributed by atoms with Crippen LogP contribution in [-0.2, 0) is 16.1 Å². The lowest BCUT2D eigenvalue weighted by atomic mass is 10.2. The number of aromatic amines is 1. The summed E-state index contributed by atoms with van der Waals surface area (Å²) < 4.78 is 11.6. The summed E-state index contributed by atoms with van der Waals surface area (Å²) in [4.78, 5) is 33.2. The summed E-state index contributed by atoms with van der Waals surface area (Å²) in [6, 6.07) is 9.23. The van der Waals surface area contributed by atoms with Gasteiger partial charge in [-0.2, -0.15) is 0 Å². The molecule has 3 heterocycles. The van der Waals surface area contributed by atoms with Crippen molar-refractivity contribution in [3.05, 3.63) is 46.4 Å². The van der Waals surface area contributed by atoms with Gasteiger partial charge in [0.1, 0.15) is 16.8 Å². The Balaban J connectivity index is 1.66. The van der Waals surface area contributed by atoms with E-state index in [2.05, 4.69) is 20.4 Å². The number of fused-ring (bicyclic) bond motifs is 3. The van der Waals surface area contributed by atoms with Crippen LogP contribution in [0.5, 0.6) is 0 Å². The number of methoxy groups -OCH3 is 1. The first kappa shape index (κ1) is 19.2. The van der Waals surface area contributed by atoms with Gasteiger partial charge in [-0.15, -0.1) is 0 Å². The van der Waals surface area contributed by atoms with Gasteiger partial charge in [-0.05, 0) is 13.0 Å². The minimum atomic E-state index is -0.269. The average molecular weight is 413 g/mol. The lowest BCUT2D eigenvalue weighted by Gasteiger charge is -2.11. The molecule has 4 aromatic rings. The van der Waals surface area contributed by atoms with Crippen molar-refractivity contribution in [3.8, 4) is 0 Å². The number of H-pyrrole nitrogens is 1. The third kappa shape index (κ3) is 3.89. The van der Waals surface area contributed by atoms with Crippen LogP contribution in [0.15, 0.2) is 44.8 Å². The Bertz CT molecular complexity index is 1240. The number of hydrogen-bond acceptors (Lipinski definition) is 7. The van der Waals surface area contributed by atoms with E-state index in [1.807, 2.05) is 24.3 Å². The Morgan fingerprint density at radius 2 is 2.21 bits per heavy atom. The number of nitrogens with one attached hydrogen (secondary N) is 2. The number of thioether (sulfide) groups is 1. The zero-order valence-corrected chi connectivity index (χ0v) is 16.7. The van der Waals surface area contributed by atoms with Crippen molar-refractivity contribution in [2.24, 2.45) is 0 Å². The molecule has 0 fully saturated rings. The molecule has 0 radical (unpaired) electrons. The van der Waals surface area contributed by atoms with E-state index >= 15 is 0 Å². The van der Waals surface area contributed by atoms with E-state index < -0.39 is 0 Å². The Hall–Kier alpha value is -3.11. The monoisotopic (exact) mass is 413 g/mol. The van der Waals surface area contributed by atoms with Gasteiger partial charge in [0.15, 0.2) is 11.0 Å². The summed E-state index contributed by atoms with van der Waals surface area (Å²) in [7, 11) is 1.57. The number of rotatable bonds is 7. The zero-order valence-electron chi connectivity index (χ0n) is 15.9. The molecule has 29 heavy (non-hydrogen) atoms. The molecule has 4 rings (SSSR count). The van der Waals surface area contributed by atoms with Gasteiger partial charge < -0.3 is 19.6 Å². The van der Waals surface area contributed by atoms with Crippen molar-refractivity contribution >= 4 is 45.4 Å². The highest BCUT2D eigenvalue weighted by molar-refractivity contribution is 7.99. The maximum atomic E-state index is 13.1. The maximum absolute atomic E-state index is 13.1. The fourth-order valence-corrected chi connectivity index (χ4v) is 3.82. The van der Waals surface area contributed by atoms with Gasteiger partial charge in [0.25, 0.3) is 5.56 Å². The fourth-order valence-electron chi connectivity index (χ4n) is 3.00. The number of carbonyl (C=O) groups is 1. The second-order valence-corrected chi connectivity index (χ2v) is 7.34. The quantitative estimate of drug-likeness (QED) is 0.353. The third-order valence-electron chi connectivity index (χ3n) is 4.32. The predicted molar refractivity (Wildman–Crippen MR) is 110 cm³/mol. The van der Waals surface area contributed by atoms with Crippen LogP contribution in [0.4, 0.5) is 5.82 Å². The van der Waals surface area contributed by atoms with Crippen LogP contribution in [0.25, 0.3) is 21.9 Å². The second kappa shape index (κ2) is 8.10. The molecule has 0 saturated heterocycles. The van der Waals surface area contributed by atoms with E-state index in [1.165, 1.54) is 16.3 Å². The van der Waals surface area contributed by atoms with Crippen molar-refractivity contribution in [2.75, 3.05) is 24.8 Å². The zero-order chi connectivity index (χ0) is 20.4. The second-order valence-electron chi connectivity index (χ2n) is 6.40. The molecule has 10 heteroatoms. The summed E-state index contributed by atoms with van der Waals surface area (Å²) >= 11 is 1.18. The largest absolute Gasteiger partial charge is 0.383 e. The molecule has 0 unspecified atom stereocenters. The number of carbonyl (C=O) groups excluding carboxylic acids is 1. The number of anilines is 1. The van der Waals surface area contributed by atoms with Crippen LogP contribution in [0, 0.1) is 6.92 Å². The summed E-state index contributed by atoms with van der Waals surface area (Å²) in [5.74, 6) is 0.756. The molecular weight excluding hydrogens is 394 g/mol. The molecule has 1 amide bonds. The Morgan fingerprint density at radius 3 is 2.97 bits per heavy atom. The first-order chi connectivity index (χ1) is 14.1. The highest BCUT2D eigenvalue weighted by Crippen LogP contribution is 2.24. The van der Waals surface area contributed by atoms with Gasteiger partial charge >= 0.3 is 0 Å². The van der Waals surface area contributed by atoms with Crippen LogP contribution in [-0.4, -0.2) is 45.1 Å². The predicted octanol–water partition coefficient (Wildman–Crippen LogP) is 2.55. The molecule has 3 aromatic heterocycles. The van der Waals surface area contributed by atoms with E-state index in [9.17, 15) is 9.59 Å². The SMILES string of the molecule is COCCn1c(SCC(=O)Nc2cc(C)on2)nc2c([nH]c3ccccc32)c1=O. The van der Waals surface area contributed by atoms with E-state index in [-0.39, 0.29) is 17.2 Å². The molecule has 0 saturated carbocycles. The standard InChI is InChI=1S/C19H19N5O4S/c1-11-9-14(23-28-11)21-15(25)10-29-19-22-16-12-5-3-4-6-13(12)20-17(16)18(26)24(19)7-8-27-2/h3-6,9,20H,7-8,10H2,1-2H3,(H,21,23,25). The fraction of sp³-hybridized carbons (Fsp3) is 0.263. The van der Waals surface area contributed by atoms with E-state index in [0.717, 1.165) is 10.9 Å². The number of ether oxygens (including phenoxy) is 1. The normalized spacial score (nSPS) is 11.4. The van der Waals surface area contributed by atoms with Crippen LogP contribution in [0.1, 0.15) is 5.76 Å². The number of aromatic nitrogens is 4. The minimum Gasteiger partial charge on any atom is -0.383 e. The van der Waals surface area contributed by atoms with E-state index in [4.69, 9.17) is 9.26 Å². The number of nitrogens with zero attached hydrogens (tertiary/aromatic N) is 3. The molecule has 9 nitrogen and oxygen atoms in total. The topological polar surface area (TPSA) is 115 Å². The van der Waals surface area contributed by atoms with Gasteiger partial charge in [-0.1, -0.05) is 35.1 Å². The summed E-state index contributed by atoms with van der Waals surface area (Å²) in [5.41, 5.74) is 1.67. The van der Waals surface area contributed by atoms with Crippen molar-refractivity contribution in [1.82, 2.24) is 19.7 Å². The third-order valence-corrected chi connectivity index (χ3v) is 5.30. The highest BCUT2D eigenvalue weighted by atomic mass is 32.2. The number of hydrogen-bond donors (Lipinski definition) is 2. The molecule has 150 valence electrons. The molecule has 1 aromatic carbocycles. The molecule has 0 spiro atoms. The Labute approximate surface area is 169 Å². The average Bonchev–Trinajstić information content (AvgIpc) is 3.29. The van der Waals surface area contributed by atoms with Crippen LogP contribution in [0.2, 0.25) is 0 Å². The Kier molecular flexibility index (Phi) is 5.36. The summed E-state index contributed by atoms with van der Waals surface area (Å²) in [6.07, 6.45) is 0. The first-order valence-electron chi connectivity index (χ1n) is 8.93. The molecule has 0 bridgehead atoms. The van der Waals surface area contributed by atoms with Crippen LogP contribution >= 0.6 is 11.8 Å². The van der Waals surface area contributed by atoms with Gasteiger partial charge in [0, 0.05) is 24.1 Å². The lowest BCUT2D eigenvalue weighted by Crippen LogP contribution is -2.26. The van der Waals surface area contributed by atoms with E-state index in [0.29, 0.717) is 40.9 Å². The summed E-state index contributed by atoms with van der Waals surface area (Å²) in [6.45, 7) is 2.43. The molecular formula is C19H19N5O4S. The molecule has 0 aliphatic heterocycles. The molecule has 0 aliphatic carbocycles. The number of benzene rings is 1. The van der Waals surface area contributed by atoms with Crippen molar-refractivity contribution in [3.63, 3.8) is 0 Å². The van der Waals surface area contributed by atoms with Gasteiger partial charge in [0.2, 0.25) is 5.91 Å². The first-order valence-corrected chi connectivity index (χ1v) is 9.91. The smallest absolute Gasteiger partial charge is 0.278 e. The molecule has 2 N–H and O–H groups in total. The lowest BCUT2D eigenvalue weighted by molar-refractivity contribution is -0.113. The summed E-state index contributed by atoms with van der Waals surface area (Å²) in [5, 5.41) is 7.72. The van der Waals surface area contributed by atoms with Crippen molar-refractivity contribution in [1.29, 1.82) is 0 Å². The van der Waals surface area contributed by atoms with Crippen LogP contribution < -0.4 is 10.9 Å². The van der Waals surface area contributed by atoms with Crippen LogP contribution in [0.3, 0.4) is 0 Å². The number of aryl methyl sites for hydroxylation is 1. The van der Waals surface area contributed by atoms with E-state index in [1.54, 1.807) is 20.1 Å². The van der Waals surface area contributed by atoms with Gasteiger partial charge in [-0.3, -0.25) is 14.2 Å². The number of amides is 1. The van der Waals surface area contributed by atoms with Crippen molar-refractivity contribution < 1.29 is 14.1 Å². The minimum absolute atomic E-state index is 0.0686. The Morgan fingerprint density at radius 1 is 1.38 bits per heavy atom. The molecule has 0 aliphatic rings. The molecule has 0 atom stereocenters. The van der Waals surface area contributed by atoms with Gasteiger partial charge in [0.05, 0.1) is 18.9 Å². The van der Waals surface area contributed by atoms with Crippen molar-refractivity contribution in [2.45, 2.75) is 18.6 Å².